The highest BCUT2D eigenvalue weighted by atomic mass is 16.5. The molecule has 2 aliphatic heterocycles. The van der Waals surface area contributed by atoms with Crippen LogP contribution >= 0.6 is 0 Å². The van der Waals surface area contributed by atoms with Gasteiger partial charge in [-0.1, -0.05) is 13.0 Å². The third kappa shape index (κ3) is 4.12. The van der Waals surface area contributed by atoms with E-state index >= 15 is 0 Å². The maximum atomic E-state index is 12.9. The van der Waals surface area contributed by atoms with Gasteiger partial charge >= 0.3 is 0 Å². The first kappa shape index (κ1) is 17.7. The van der Waals surface area contributed by atoms with Crippen molar-refractivity contribution in [2.45, 2.75) is 32.2 Å². The largest absolute Gasteiger partial charge is 0.494 e. The second-order valence-electron chi connectivity index (χ2n) is 6.47. The SMILES string of the molecule is CCCOc1cccc(C(=O)N2CCC[C@@H]2C(=O)N2CCOCC2)c1. The zero-order valence-electron chi connectivity index (χ0n) is 14.8. The average Bonchev–Trinajstić information content (AvgIpc) is 3.16. The zero-order valence-corrected chi connectivity index (χ0v) is 14.8. The number of carbonyl (C=O) groups excluding carboxylic acids is 2. The van der Waals surface area contributed by atoms with Crippen LogP contribution in [0.1, 0.15) is 36.5 Å². The minimum atomic E-state index is -0.356. The molecule has 1 aromatic rings. The Morgan fingerprint density at radius 3 is 2.80 bits per heavy atom. The lowest BCUT2D eigenvalue weighted by Crippen LogP contribution is -2.51. The van der Waals surface area contributed by atoms with Gasteiger partial charge in [-0.2, -0.15) is 0 Å². The highest BCUT2D eigenvalue weighted by Gasteiger charge is 2.37. The number of hydrogen-bond donors (Lipinski definition) is 0. The number of morpholine rings is 1. The molecule has 1 aromatic carbocycles. The Morgan fingerprint density at radius 2 is 2.04 bits per heavy atom. The van der Waals surface area contributed by atoms with Crippen molar-refractivity contribution >= 4 is 11.8 Å². The van der Waals surface area contributed by atoms with E-state index in [4.69, 9.17) is 9.47 Å². The number of rotatable bonds is 5. The molecule has 136 valence electrons. The Kier molecular flexibility index (Phi) is 5.91. The van der Waals surface area contributed by atoms with E-state index in [1.807, 2.05) is 24.0 Å². The molecule has 2 heterocycles. The first-order valence-corrected chi connectivity index (χ1v) is 9.11. The molecular formula is C19H26N2O4. The second kappa shape index (κ2) is 8.34. The zero-order chi connectivity index (χ0) is 17.6. The van der Waals surface area contributed by atoms with Gasteiger partial charge in [0.15, 0.2) is 0 Å². The fourth-order valence-electron chi connectivity index (χ4n) is 3.37. The lowest BCUT2D eigenvalue weighted by molar-refractivity contribution is -0.139. The predicted octanol–water partition coefficient (Wildman–Crippen LogP) is 1.94. The molecule has 0 saturated carbocycles. The van der Waals surface area contributed by atoms with Gasteiger partial charge in [0.2, 0.25) is 5.91 Å². The van der Waals surface area contributed by atoms with Gasteiger partial charge in [-0.15, -0.1) is 0 Å². The lowest BCUT2D eigenvalue weighted by Gasteiger charge is -2.32. The summed E-state index contributed by atoms with van der Waals surface area (Å²) in [6.45, 7) is 5.65. The number of hydrogen-bond acceptors (Lipinski definition) is 4. The van der Waals surface area contributed by atoms with Crippen molar-refractivity contribution in [1.29, 1.82) is 0 Å². The second-order valence-corrected chi connectivity index (χ2v) is 6.47. The van der Waals surface area contributed by atoms with Crippen LogP contribution in [0.2, 0.25) is 0 Å². The molecule has 0 bridgehead atoms. The van der Waals surface area contributed by atoms with Crippen LogP contribution in [-0.2, 0) is 9.53 Å². The molecule has 6 nitrogen and oxygen atoms in total. The molecule has 3 rings (SSSR count). The van der Waals surface area contributed by atoms with Crippen LogP contribution < -0.4 is 4.74 Å². The number of amides is 2. The van der Waals surface area contributed by atoms with Crippen LogP contribution in [0.4, 0.5) is 0 Å². The molecule has 2 amide bonds. The smallest absolute Gasteiger partial charge is 0.254 e. The van der Waals surface area contributed by atoms with Gasteiger partial charge in [0, 0.05) is 25.2 Å². The molecule has 0 N–H and O–H groups in total. The van der Waals surface area contributed by atoms with Gasteiger partial charge in [-0.05, 0) is 37.5 Å². The van der Waals surface area contributed by atoms with Crippen molar-refractivity contribution in [3.05, 3.63) is 29.8 Å². The maximum Gasteiger partial charge on any atom is 0.254 e. The van der Waals surface area contributed by atoms with Crippen molar-refractivity contribution in [3.63, 3.8) is 0 Å². The molecule has 2 fully saturated rings. The summed E-state index contributed by atoms with van der Waals surface area (Å²) >= 11 is 0. The molecule has 0 radical (unpaired) electrons. The third-order valence-corrected chi connectivity index (χ3v) is 4.68. The van der Waals surface area contributed by atoms with Gasteiger partial charge in [0.1, 0.15) is 11.8 Å². The Morgan fingerprint density at radius 1 is 1.24 bits per heavy atom. The molecule has 0 spiro atoms. The summed E-state index contributed by atoms with van der Waals surface area (Å²) in [5.74, 6) is 0.654. The maximum absolute atomic E-state index is 12.9. The van der Waals surface area contributed by atoms with Crippen molar-refractivity contribution in [2.24, 2.45) is 0 Å². The molecule has 0 aliphatic carbocycles. The summed E-state index contributed by atoms with van der Waals surface area (Å²) in [6, 6.07) is 6.88. The fraction of sp³-hybridized carbons (Fsp3) is 0.579. The molecule has 0 unspecified atom stereocenters. The highest BCUT2D eigenvalue weighted by Crippen LogP contribution is 2.24. The summed E-state index contributed by atoms with van der Waals surface area (Å²) in [5, 5.41) is 0. The Balaban J connectivity index is 1.71. The average molecular weight is 346 g/mol. The summed E-state index contributed by atoms with van der Waals surface area (Å²) in [5.41, 5.74) is 0.579. The van der Waals surface area contributed by atoms with Crippen LogP contribution in [0.15, 0.2) is 24.3 Å². The van der Waals surface area contributed by atoms with Crippen LogP contribution in [0.5, 0.6) is 5.75 Å². The normalized spacial score (nSPS) is 20.6. The number of nitrogens with zero attached hydrogens (tertiary/aromatic N) is 2. The first-order valence-electron chi connectivity index (χ1n) is 9.11. The van der Waals surface area contributed by atoms with E-state index in [0.29, 0.717) is 50.8 Å². The van der Waals surface area contributed by atoms with Crippen molar-refractivity contribution in [2.75, 3.05) is 39.5 Å². The summed E-state index contributed by atoms with van der Waals surface area (Å²) in [7, 11) is 0. The first-order chi connectivity index (χ1) is 12.2. The summed E-state index contributed by atoms with van der Waals surface area (Å²) < 4.78 is 10.9. The Hall–Kier alpha value is -2.08. The van der Waals surface area contributed by atoms with Gasteiger partial charge in [-0.3, -0.25) is 9.59 Å². The number of ether oxygens (including phenoxy) is 2. The predicted molar refractivity (Wildman–Crippen MR) is 93.7 cm³/mol. The highest BCUT2D eigenvalue weighted by molar-refractivity contribution is 5.98. The molecule has 2 saturated heterocycles. The molecule has 6 heteroatoms. The molecule has 25 heavy (non-hydrogen) atoms. The number of benzene rings is 1. The Labute approximate surface area is 148 Å². The van der Waals surface area contributed by atoms with Gasteiger partial charge in [0.05, 0.1) is 19.8 Å². The van der Waals surface area contributed by atoms with Crippen molar-refractivity contribution in [1.82, 2.24) is 9.80 Å². The van der Waals surface area contributed by atoms with Crippen LogP contribution in [0.25, 0.3) is 0 Å². The van der Waals surface area contributed by atoms with E-state index in [-0.39, 0.29) is 17.9 Å². The minimum absolute atomic E-state index is 0.0486. The van der Waals surface area contributed by atoms with E-state index in [2.05, 4.69) is 0 Å². The third-order valence-electron chi connectivity index (χ3n) is 4.68. The van der Waals surface area contributed by atoms with E-state index in [1.165, 1.54) is 0 Å². The van der Waals surface area contributed by atoms with Crippen LogP contribution in [0.3, 0.4) is 0 Å². The lowest BCUT2D eigenvalue weighted by atomic mass is 10.1. The molecule has 0 aromatic heterocycles. The van der Waals surface area contributed by atoms with Crippen molar-refractivity contribution in [3.8, 4) is 5.75 Å². The minimum Gasteiger partial charge on any atom is -0.494 e. The van der Waals surface area contributed by atoms with E-state index < -0.39 is 0 Å². The van der Waals surface area contributed by atoms with Gasteiger partial charge in [-0.25, -0.2) is 0 Å². The Bertz CT molecular complexity index is 613. The summed E-state index contributed by atoms with van der Waals surface area (Å²) in [4.78, 5) is 29.3. The monoisotopic (exact) mass is 346 g/mol. The standard InChI is InChI=1S/C19H26N2O4/c1-2-11-25-16-6-3-5-15(14-16)18(22)21-8-4-7-17(21)19(23)20-9-12-24-13-10-20/h3,5-6,14,17H,2,4,7-13H2,1H3/t17-/m1/s1. The molecule has 1 atom stereocenters. The van der Waals surface area contributed by atoms with E-state index in [9.17, 15) is 9.59 Å². The summed E-state index contributed by atoms with van der Waals surface area (Å²) in [6.07, 6.45) is 2.51. The van der Waals surface area contributed by atoms with Gasteiger partial charge < -0.3 is 19.3 Å². The topological polar surface area (TPSA) is 59.1 Å². The van der Waals surface area contributed by atoms with E-state index in [1.54, 1.807) is 17.0 Å². The van der Waals surface area contributed by atoms with Crippen molar-refractivity contribution < 1.29 is 19.1 Å². The van der Waals surface area contributed by atoms with Crippen LogP contribution in [-0.4, -0.2) is 67.1 Å². The number of likely N-dealkylation sites (tertiary alicyclic amines) is 1. The molecular weight excluding hydrogens is 320 g/mol. The fourth-order valence-corrected chi connectivity index (χ4v) is 3.37. The molecule has 2 aliphatic rings. The quantitative estimate of drug-likeness (QED) is 0.817. The number of carbonyl (C=O) groups is 2. The van der Waals surface area contributed by atoms with E-state index in [0.717, 1.165) is 19.3 Å². The van der Waals surface area contributed by atoms with Gasteiger partial charge in [0.25, 0.3) is 5.91 Å². The van der Waals surface area contributed by atoms with Crippen LogP contribution in [0, 0.1) is 0 Å².